The van der Waals surface area contributed by atoms with E-state index in [1.54, 1.807) is 0 Å². The molecule has 2 aromatic carbocycles. The quantitative estimate of drug-likeness (QED) is 0.673. The summed E-state index contributed by atoms with van der Waals surface area (Å²) in [7, 11) is -2.33. The van der Waals surface area contributed by atoms with Crippen molar-refractivity contribution in [3.8, 4) is 0 Å². The second-order valence-corrected chi connectivity index (χ2v) is 13.7. The standard InChI is InChI=1S/C23H31BO2Si/c1-18(24-25-22(2,3)23(4,5)26-24)21(19-14-10-8-11-15-19)27(6,7)20-16-12-9-13-17-20/h8-17,21H,1H2,2-7H3/t21-/m1/s1. The lowest BCUT2D eigenvalue weighted by Crippen LogP contribution is -2.50. The molecule has 1 heterocycles. The first-order chi connectivity index (χ1) is 12.6. The van der Waals surface area contributed by atoms with E-state index in [2.05, 4.69) is 108 Å². The Morgan fingerprint density at radius 1 is 0.852 bits per heavy atom. The Bertz CT molecular complexity index is 784. The summed E-state index contributed by atoms with van der Waals surface area (Å²) in [5.41, 5.74) is 1.80. The first-order valence-electron chi connectivity index (χ1n) is 9.71. The van der Waals surface area contributed by atoms with Crippen LogP contribution in [0.5, 0.6) is 0 Å². The average Bonchev–Trinajstić information content (AvgIpc) is 2.84. The number of allylic oxidation sites excluding steroid dienone is 1. The van der Waals surface area contributed by atoms with Crippen molar-refractivity contribution >= 4 is 20.4 Å². The van der Waals surface area contributed by atoms with Crippen molar-refractivity contribution in [1.29, 1.82) is 0 Å². The van der Waals surface area contributed by atoms with E-state index in [0.717, 1.165) is 5.47 Å². The molecule has 1 atom stereocenters. The third-order valence-corrected chi connectivity index (χ3v) is 10.3. The maximum Gasteiger partial charge on any atom is 0.490 e. The van der Waals surface area contributed by atoms with Crippen molar-refractivity contribution in [3.63, 3.8) is 0 Å². The molecule has 27 heavy (non-hydrogen) atoms. The summed E-state index contributed by atoms with van der Waals surface area (Å²) in [5.74, 6) is 0. The van der Waals surface area contributed by atoms with Crippen molar-refractivity contribution in [3.05, 3.63) is 78.3 Å². The van der Waals surface area contributed by atoms with Gasteiger partial charge in [0, 0.05) is 5.54 Å². The normalized spacial score (nSPS) is 19.7. The maximum atomic E-state index is 6.36. The van der Waals surface area contributed by atoms with Gasteiger partial charge in [-0.25, -0.2) is 0 Å². The van der Waals surface area contributed by atoms with E-state index in [1.807, 2.05) is 0 Å². The van der Waals surface area contributed by atoms with Gasteiger partial charge in [-0.15, -0.1) is 6.58 Å². The first kappa shape index (κ1) is 20.1. The lowest BCUT2D eigenvalue weighted by Gasteiger charge is -2.36. The predicted molar refractivity (Wildman–Crippen MR) is 118 cm³/mol. The molecule has 1 aliphatic rings. The highest BCUT2D eigenvalue weighted by atomic mass is 28.3. The molecule has 0 saturated carbocycles. The summed E-state index contributed by atoms with van der Waals surface area (Å²) in [4.78, 5) is 0. The lowest BCUT2D eigenvalue weighted by molar-refractivity contribution is 0.00578. The number of hydrogen-bond acceptors (Lipinski definition) is 2. The molecule has 0 amide bonds. The Morgan fingerprint density at radius 2 is 1.30 bits per heavy atom. The van der Waals surface area contributed by atoms with Gasteiger partial charge in [0.2, 0.25) is 0 Å². The van der Waals surface area contributed by atoms with Crippen molar-refractivity contribution in [2.75, 3.05) is 0 Å². The molecule has 1 saturated heterocycles. The second-order valence-electron chi connectivity index (χ2n) is 9.09. The summed E-state index contributed by atoms with van der Waals surface area (Å²) in [5, 5.41) is 1.41. The van der Waals surface area contributed by atoms with Gasteiger partial charge < -0.3 is 9.31 Å². The van der Waals surface area contributed by atoms with Gasteiger partial charge in [-0.05, 0) is 38.7 Å². The van der Waals surface area contributed by atoms with Crippen LogP contribution in [-0.4, -0.2) is 26.4 Å². The second kappa shape index (κ2) is 7.08. The number of benzene rings is 2. The summed E-state index contributed by atoms with van der Waals surface area (Å²) in [6.07, 6.45) is 0. The molecule has 0 aromatic heterocycles. The molecule has 4 heteroatoms. The molecule has 2 nitrogen and oxygen atoms in total. The molecule has 0 radical (unpaired) electrons. The molecule has 142 valence electrons. The van der Waals surface area contributed by atoms with Crippen LogP contribution in [0.3, 0.4) is 0 Å². The van der Waals surface area contributed by atoms with Crippen LogP contribution in [0.1, 0.15) is 38.8 Å². The van der Waals surface area contributed by atoms with Gasteiger partial charge in [-0.1, -0.05) is 78.9 Å². The van der Waals surface area contributed by atoms with Gasteiger partial charge in [0.1, 0.15) is 0 Å². The molecular weight excluding hydrogens is 347 g/mol. The van der Waals surface area contributed by atoms with E-state index in [-0.39, 0.29) is 16.7 Å². The maximum absolute atomic E-state index is 6.36. The Kier molecular flexibility index (Phi) is 5.28. The average molecular weight is 378 g/mol. The highest BCUT2D eigenvalue weighted by molar-refractivity contribution is 6.92. The Hall–Kier alpha value is -1.62. The van der Waals surface area contributed by atoms with Gasteiger partial charge in [0.15, 0.2) is 0 Å². The summed E-state index contributed by atoms with van der Waals surface area (Å²) >= 11 is 0. The minimum absolute atomic E-state index is 0.204. The summed E-state index contributed by atoms with van der Waals surface area (Å²) in [6.45, 7) is 17.7. The van der Waals surface area contributed by atoms with Crippen LogP contribution in [0.2, 0.25) is 13.1 Å². The van der Waals surface area contributed by atoms with Crippen LogP contribution in [-0.2, 0) is 9.31 Å². The van der Waals surface area contributed by atoms with Crippen LogP contribution < -0.4 is 5.19 Å². The molecule has 1 aliphatic heterocycles. The SMILES string of the molecule is C=C(B1OC(C)(C)C(C)(C)O1)[C@H](c1ccccc1)[Si](C)(C)c1ccccc1. The van der Waals surface area contributed by atoms with Crippen LogP contribution in [0.15, 0.2) is 72.7 Å². The van der Waals surface area contributed by atoms with Crippen molar-refractivity contribution in [1.82, 2.24) is 0 Å². The molecule has 3 rings (SSSR count). The third-order valence-electron chi connectivity index (χ3n) is 6.30. The lowest BCUT2D eigenvalue weighted by atomic mass is 9.75. The molecule has 0 unspecified atom stereocenters. The summed E-state index contributed by atoms with van der Waals surface area (Å²) < 4.78 is 12.7. The van der Waals surface area contributed by atoms with E-state index < -0.39 is 15.2 Å². The van der Waals surface area contributed by atoms with Gasteiger partial charge in [-0.2, -0.15) is 0 Å². The number of hydrogen-bond donors (Lipinski definition) is 0. The van der Waals surface area contributed by atoms with Gasteiger partial charge in [-0.3, -0.25) is 0 Å². The van der Waals surface area contributed by atoms with Crippen LogP contribution in [0, 0.1) is 0 Å². The molecule has 1 fully saturated rings. The largest absolute Gasteiger partial charge is 0.490 e. The number of rotatable bonds is 5. The fourth-order valence-electron chi connectivity index (χ4n) is 3.90. The molecule has 2 aromatic rings. The minimum atomic E-state index is -1.93. The van der Waals surface area contributed by atoms with Gasteiger partial charge >= 0.3 is 7.12 Å². The van der Waals surface area contributed by atoms with Gasteiger partial charge in [0.05, 0.1) is 19.3 Å². The minimum Gasteiger partial charge on any atom is -0.400 e. The van der Waals surface area contributed by atoms with E-state index >= 15 is 0 Å². The van der Waals surface area contributed by atoms with E-state index in [4.69, 9.17) is 9.31 Å². The fraction of sp³-hybridized carbons (Fsp3) is 0.391. The topological polar surface area (TPSA) is 18.5 Å². The molecule has 0 spiro atoms. The van der Waals surface area contributed by atoms with Crippen LogP contribution in [0.4, 0.5) is 0 Å². The zero-order chi connectivity index (χ0) is 19.9. The molecular formula is C23H31BO2Si. The molecule has 0 aliphatic carbocycles. The smallest absolute Gasteiger partial charge is 0.400 e. The van der Waals surface area contributed by atoms with E-state index in [9.17, 15) is 0 Å². The fourth-order valence-corrected chi connectivity index (χ4v) is 7.38. The highest BCUT2D eigenvalue weighted by Crippen LogP contribution is 2.43. The summed E-state index contributed by atoms with van der Waals surface area (Å²) in [6, 6.07) is 21.5. The van der Waals surface area contributed by atoms with E-state index in [1.165, 1.54) is 10.8 Å². The Balaban J connectivity index is 2.03. The zero-order valence-electron chi connectivity index (χ0n) is 17.5. The highest BCUT2D eigenvalue weighted by Gasteiger charge is 2.54. The van der Waals surface area contributed by atoms with Crippen LogP contribution >= 0.6 is 0 Å². The first-order valence-corrected chi connectivity index (χ1v) is 12.8. The Morgan fingerprint density at radius 3 is 1.78 bits per heavy atom. The molecule has 0 bridgehead atoms. The van der Waals surface area contributed by atoms with Crippen molar-refractivity contribution in [2.45, 2.75) is 57.5 Å². The van der Waals surface area contributed by atoms with Crippen molar-refractivity contribution in [2.24, 2.45) is 0 Å². The predicted octanol–water partition coefficient (Wildman–Crippen LogP) is 5.11. The zero-order valence-corrected chi connectivity index (χ0v) is 18.5. The van der Waals surface area contributed by atoms with Gasteiger partial charge in [0.25, 0.3) is 0 Å². The third kappa shape index (κ3) is 3.71. The van der Waals surface area contributed by atoms with Crippen molar-refractivity contribution < 1.29 is 9.31 Å². The monoisotopic (exact) mass is 378 g/mol. The molecule has 0 N–H and O–H groups in total. The van der Waals surface area contributed by atoms with E-state index in [0.29, 0.717) is 0 Å². The van der Waals surface area contributed by atoms with Crippen LogP contribution in [0.25, 0.3) is 0 Å². The Labute approximate surface area is 165 Å².